The first-order valence-corrected chi connectivity index (χ1v) is 35.0. The monoisotopic (exact) mass is 1580 g/mol. The minimum Gasteiger partial charge on any atom is -0.335 e. The van der Waals surface area contributed by atoms with E-state index in [1.165, 1.54) is 84.2 Å². The molecule has 41 heteroatoms. The van der Waals surface area contributed by atoms with Crippen LogP contribution in [0.4, 0.5) is 76.2 Å². The Bertz CT molecular complexity index is 5520. The summed E-state index contributed by atoms with van der Waals surface area (Å²) in [6, 6.07) is 12.9. The molecule has 4 aliphatic rings. The molecule has 0 bridgehead atoms. The van der Waals surface area contributed by atoms with E-state index in [0.29, 0.717) is 73.3 Å². The van der Waals surface area contributed by atoms with Crippen LogP contribution in [0.25, 0.3) is 22.3 Å². The third-order valence-corrected chi connectivity index (χ3v) is 18.5. The van der Waals surface area contributed by atoms with E-state index in [9.17, 15) is 54.3 Å². The predicted octanol–water partition coefficient (Wildman–Crippen LogP) is 9.60. The maximum atomic E-state index is 13.8. The molecule has 0 unspecified atom stereocenters. The largest absolute Gasteiger partial charge is 0.335 e. The van der Waals surface area contributed by atoms with E-state index >= 15 is 0 Å². The quantitative estimate of drug-likeness (QED) is 0.0471. The summed E-state index contributed by atoms with van der Waals surface area (Å²) in [6.07, 6.45) is 16.7. The maximum absolute atomic E-state index is 13.8. The summed E-state index contributed by atoms with van der Waals surface area (Å²) in [4.78, 5) is 91.6. The Hall–Kier alpha value is -14.6. The number of rotatable bonds is 15. The number of hydrogen-bond donors (Lipinski definition) is 5. The van der Waals surface area contributed by atoms with Gasteiger partial charge in [-0.2, -0.15) is 15.3 Å². The average Bonchev–Trinajstić information content (AvgIpc) is 1.81. The standard InChI is InChI=1S/2C19H18F2N8O.C18H16F2N8O.C18H15F2N5O/c1-11-6-7-29(19-25-26-27-28(19)2)10-12(11)15-8-23-16(9-22-15)24-18(30)17-13(20)4-3-5-14(17)21;1-11-6-7-29(19-25-27-28(2)26-19)10-12(11)15-8-23-16(9-22-15)24-18(30)17-13(20)4-3-5-14(17)21;1-10-5-6-28(18-24-26-27-25-18)9-11(10)14-7-22-15(8-21-14)23-17(29)16-12(19)3-2-4-13(16)20;1-11-5-6-25(10-21)9-12(11)15-7-23-16(8-22-15)24-18(26)17-13(19)3-2-4-14(17)20/h2*3-5,8-9H,6-7,10H2,1-2H3,(H,23,24,30);2-4,7-8H,5-6,9H2,1H3,(H,22,23,29)(H,24,25,26,27);2-4,7-8H,5-6,9H2,1H3,(H,23,24,26). The van der Waals surface area contributed by atoms with Crippen LogP contribution in [0, 0.1) is 58.0 Å². The molecule has 0 fully saturated rings. The van der Waals surface area contributed by atoms with Gasteiger partial charge in [-0.05, 0) is 145 Å². The van der Waals surface area contributed by atoms with Gasteiger partial charge in [-0.15, -0.1) is 10.2 Å². The lowest BCUT2D eigenvalue weighted by atomic mass is 9.99. The molecule has 33 nitrogen and oxygen atoms in total. The molecular weight excluding hydrogens is 1510 g/mol. The SMILES string of the molecule is CC1=C(c2cnc(NC(=O)c3c(F)cccc3F)cn2)CN(C#N)CC1.CC1=C(c2cnc(NC(=O)c3c(F)cccc3F)cn2)CN(c2nn[nH]n2)CC1.CC1=C(c2cnc(NC(=O)c3c(F)cccc3F)cn2)CN(c2nnn(C)n2)CC1.CC1=C(c2cnc(NC(=O)c3c(F)cccc3F)cn2)CN(c2nnnn2C)CC1. The highest BCUT2D eigenvalue weighted by atomic mass is 19.2. The number of aryl methyl sites for hydroxylation is 2. The van der Waals surface area contributed by atoms with E-state index in [2.05, 4.69) is 119 Å². The minimum atomic E-state index is -0.952. The number of hydrogen-bond acceptors (Lipinski definition) is 26. The second kappa shape index (κ2) is 36.0. The van der Waals surface area contributed by atoms with Gasteiger partial charge < -0.3 is 40.9 Å². The second-order valence-electron chi connectivity index (χ2n) is 26.1. The van der Waals surface area contributed by atoms with Gasteiger partial charge in [0.05, 0.1) is 85.9 Å². The summed E-state index contributed by atoms with van der Waals surface area (Å²) < 4.78 is 111. The highest BCUT2D eigenvalue weighted by molar-refractivity contribution is 6.06. The molecule has 4 aliphatic heterocycles. The zero-order valence-electron chi connectivity index (χ0n) is 61.9. The summed E-state index contributed by atoms with van der Waals surface area (Å²) in [6.45, 7) is 13.1. The number of tetrazole rings is 3. The van der Waals surface area contributed by atoms with Crippen LogP contribution < -0.4 is 36.0 Å². The van der Waals surface area contributed by atoms with Crippen LogP contribution in [-0.2, 0) is 14.1 Å². The van der Waals surface area contributed by atoms with Crippen LogP contribution in [0.15, 0.2) is 145 Å². The van der Waals surface area contributed by atoms with Crippen molar-refractivity contribution in [2.45, 2.75) is 53.4 Å². The average molecular weight is 1580 g/mol. The molecule has 7 aromatic heterocycles. The Morgan fingerprint density at radius 3 is 1.03 bits per heavy atom. The lowest BCUT2D eigenvalue weighted by molar-refractivity contribution is 0.101. The predicted molar refractivity (Wildman–Crippen MR) is 400 cm³/mol. The van der Waals surface area contributed by atoms with Gasteiger partial charge in [0.2, 0.25) is 5.95 Å². The summed E-state index contributed by atoms with van der Waals surface area (Å²) >= 11 is 0. The number of halogens is 8. The number of H-pyrrole nitrogens is 1. The molecule has 0 atom stereocenters. The lowest BCUT2D eigenvalue weighted by Crippen LogP contribution is -2.33. The van der Waals surface area contributed by atoms with Crippen molar-refractivity contribution in [2.75, 3.05) is 88.3 Å². The fourth-order valence-electron chi connectivity index (χ4n) is 12.2. The number of carbonyl (C=O) groups excluding carboxylic acids is 4. The molecule has 0 saturated carbocycles. The zero-order valence-corrected chi connectivity index (χ0v) is 61.9. The number of aromatic nitrogens is 20. The first-order chi connectivity index (χ1) is 55.4. The topological polar surface area (TPSA) is 398 Å². The summed E-state index contributed by atoms with van der Waals surface area (Å²) in [5, 5.41) is 56.2. The maximum Gasteiger partial charge on any atom is 0.266 e. The molecule has 5 N–H and O–H groups in total. The molecule has 15 rings (SSSR count). The van der Waals surface area contributed by atoms with Gasteiger partial charge in [-0.25, -0.2) is 59.7 Å². The van der Waals surface area contributed by atoms with Crippen LogP contribution in [0.2, 0.25) is 0 Å². The fraction of sp³-hybridized carbons (Fsp3) is 0.243. The van der Waals surface area contributed by atoms with E-state index in [0.717, 1.165) is 133 Å². The molecule has 4 aromatic carbocycles. The molecule has 0 spiro atoms. The molecule has 0 aliphatic carbocycles. The summed E-state index contributed by atoms with van der Waals surface area (Å²) in [5.41, 5.74) is 8.26. The smallest absolute Gasteiger partial charge is 0.266 e. The van der Waals surface area contributed by atoms with Gasteiger partial charge in [0.25, 0.3) is 35.5 Å². The van der Waals surface area contributed by atoms with Crippen molar-refractivity contribution in [3.05, 3.63) is 236 Å². The highest BCUT2D eigenvalue weighted by Crippen LogP contribution is 2.32. The van der Waals surface area contributed by atoms with Crippen LogP contribution in [0.5, 0.6) is 0 Å². The van der Waals surface area contributed by atoms with Crippen LogP contribution >= 0.6 is 0 Å². The van der Waals surface area contributed by atoms with Crippen molar-refractivity contribution in [2.24, 2.45) is 14.1 Å². The zero-order chi connectivity index (χ0) is 81.6. The van der Waals surface area contributed by atoms with Crippen molar-refractivity contribution in [1.29, 1.82) is 5.26 Å². The molecule has 4 amide bonds. The number of benzene rings is 4. The van der Waals surface area contributed by atoms with Gasteiger partial charge in [-0.1, -0.05) is 61.9 Å². The van der Waals surface area contributed by atoms with Gasteiger partial charge in [0.15, 0.2) is 29.5 Å². The number of nitrogens with zero attached hydrogens (tertiary/aromatic N) is 24. The Morgan fingerprint density at radius 1 is 0.409 bits per heavy atom. The van der Waals surface area contributed by atoms with Crippen molar-refractivity contribution in [1.82, 2.24) is 106 Å². The normalized spacial score (nSPS) is 14.2. The molecule has 11 aromatic rings. The first kappa shape index (κ1) is 79.9. The fourth-order valence-corrected chi connectivity index (χ4v) is 12.2. The second-order valence-corrected chi connectivity index (χ2v) is 26.1. The number of aromatic amines is 1. The highest BCUT2D eigenvalue weighted by Gasteiger charge is 2.29. The molecule has 0 radical (unpaired) electrons. The van der Waals surface area contributed by atoms with E-state index in [1.54, 1.807) is 23.7 Å². The van der Waals surface area contributed by atoms with Crippen LogP contribution in [-0.4, -0.2) is 182 Å². The van der Waals surface area contributed by atoms with Crippen LogP contribution in [0.3, 0.4) is 0 Å². The van der Waals surface area contributed by atoms with E-state index < -0.39 is 92.4 Å². The first-order valence-electron chi connectivity index (χ1n) is 35.0. The number of nitrogens with one attached hydrogen (secondary N) is 5. The summed E-state index contributed by atoms with van der Waals surface area (Å²) in [5.74, 6) is -9.28. The third-order valence-electron chi connectivity index (χ3n) is 18.5. The van der Waals surface area contributed by atoms with Gasteiger partial charge in [-0.3, -0.25) is 39.1 Å². The molecule has 0 saturated heterocycles. The van der Waals surface area contributed by atoms with Crippen LogP contribution in [0.1, 0.15) is 118 Å². The molecule has 11 heterocycles. The van der Waals surface area contributed by atoms with Gasteiger partial charge in [0.1, 0.15) is 68.8 Å². The van der Waals surface area contributed by atoms with Crippen molar-refractivity contribution in [3.8, 4) is 6.19 Å². The van der Waals surface area contributed by atoms with E-state index in [-0.39, 0.29) is 23.3 Å². The molecule has 115 heavy (non-hydrogen) atoms. The number of amides is 4. The Kier molecular flexibility index (Phi) is 25.0. The minimum absolute atomic E-state index is 0.0765. The number of anilines is 7. The molecule has 588 valence electrons. The van der Waals surface area contributed by atoms with Gasteiger partial charge >= 0.3 is 0 Å². The third kappa shape index (κ3) is 19.2. The lowest BCUT2D eigenvalue weighted by Gasteiger charge is -2.29. The molecular formula is C74H67F8N29O4. The number of carbonyl (C=O) groups is 4. The van der Waals surface area contributed by atoms with Gasteiger partial charge in [0, 0.05) is 52.9 Å². The summed E-state index contributed by atoms with van der Waals surface area (Å²) in [7, 11) is 3.48. The Balaban J connectivity index is 0.000000142. The Labute approximate surface area is 648 Å². The number of nitriles is 1. The van der Waals surface area contributed by atoms with Crippen molar-refractivity contribution < 1.29 is 54.3 Å². The Morgan fingerprint density at radius 2 is 0.739 bits per heavy atom. The van der Waals surface area contributed by atoms with E-state index in [1.807, 2.05) is 42.4 Å². The van der Waals surface area contributed by atoms with Crippen molar-refractivity contribution in [3.63, 3.8) is 0 Å². The van der Waals surface area contributed by atoms with E-state index in [4.69, 9.17) is 5.26 Å². The van der Waals surface area contributed by atoms with Crippen molar-refractivity contribution >= 4 is 87.0 Å².